The zero-order valence-corrected chi connectivity index (χ0v) is 11.9. The molecule has 0 atom stereocenters. The molecule has 5 heteroatoms. The van der Waals surface area contributed by atoms with E-state index in [4.69, 9.17) is 0 Å². The van der Waals surface area contributed by atoms with Crippen molar-refractivity contribution in [3.63, 3.8) is 0 Å². The van der Waals surface area contributed by atoms with Crippen molar-refractivity contribution in [2.45, 2.75) is 0 Å². The lowest BCUT2D eigenvalue weighted by atomic mass is 10.3. The van der Waals surface area contributed by atoms with Gasteiger partial charge in [0.2, 0.25) is 0 Å². The zero-order chi connectivity index (χ0) is 16.7. The number of anilines is 2. The van der Waals surface area contributed by atoms with E-state index in [1.54, 1.807) is 0 Å². The van der Waals surface area contributed by atoms with Crippen LogP contribution in [-0.4, -0.2) is 0 Å². The van der Waals surface area contributed by atoms with E-state index in [0.717, 1.165) is 11.4 Å². The topological polar surface area (TPSA) is 12.0 Å². The van der Waals surface area contributed by atoms with Gasteiger partial charge in [-0.1, -0.05) is 36.4 Å². The molecule has 0 heterocycles. The van der Waals surface area contributed by atoms with Gasteiger partial charge in [-0.05, 0) is 36.4 Å². The third kappa shape index (κ3) is 4.85. The van der Waals surface area contributed by atoms with E-state index in [0.29, 0.717) is 12.1 Å². The van der Waals surface area contributed by atoms with Crippen molar-refractivity contribution in [2.24, 2.45) is 0 Å². The first-order valence-corrected chi connectivity index (χ1v) is 6.74. The lowest BCUT2D eigenvalue weighted by Crippen LogP contribution is -1.93. The normalized spacial score (nSPS) is 9.74. The molecule has 0 saturated carbocycles. The van der Waals surface area contributed by atoms with E-state index >= 15 is 0 Å². The van der Waals surface area contributed by atoms with Crippen LogP contribution in [0.25, 0.3) is 0 Å². The van der Waals surface area contributed by atoms with E-state index in [-0.39, 0.29) is 0 Å². The monoisotopic (exact) mass is 319 g/mol. The minimum Gasteiger partial charge on any atom is -0.356 e. The van der Waals surface area contributed by atoms with Gasteiger partial charge in [-0.3, -0.25) is 0 Å². The summed E-state index contributed by atoms with van der Waals surface area (Å²) in [5.74, 6) is -6.34. The summed E-state index contributed by atoms with van der Waals surface area (Å²) >= 11 is 0. The average molecular weight is 319 g/mol. The van der Waals surface area contributed by atoms with Crippen LogP contribution >= 0.6 is 0 Å². The Labute approximate surface area is 131 Å². The molecule has 0 spiro atoms. The van der Waals surface area contributed by atoms with E-state index in [1.165, 1.54) is 0 Å². The molecule has 1 nitrogen and oxygen atoms in total. The van der Waals surface area contributed by atoms with Gasteiger partial charge in [0.25, 0.3) is 0 Å². The zero-order valence-electron chi connectivity index (χ0n) is 11.9. The second-order valence-corrected chi connectivity index (χ2v) is 4.51. The molecule has 3 aromatic carbocycles. The molecule has 23 heavy (non-hydrogen) atoms. The fourth-order valence-corrected chi connectivity index (χ4v) is 1.71. The molecule has 0 amide bonds. The summed E-state index contributed by atoms with van der Waals surface area (Å²) in [4.78, 5) is 0. The van der Waals surface area contributed by atoms with Crippen LogP contribution in [-0.2, 0) is 0 Å². The lowest BCUT2D eigenvalue weighted by Gasteiger charge is -2.04. The van der Waals surface area contributed by atoms with E-state index < -0.39 is 23.3 Å². The highest BCUT2D eigenvalue weighted by Crippen LogP contribution is 2.14. The van der Waals surface area contributed by atoms with Gasteiger partial charge in [-0.2, -0.15) is 0 Å². The van der Waals surface area contributed by atoms with Crippen LogP contribution in [0.4, 0.5) is 28.9 Å². The SMILES string of the molecule is Fc1ccc(F)c(F)c1F.c1ccc(Nc2ccccc2)cc1. The van der Waals surface area contributed by atoms with Crippen molar-refractivity contribution in [3.05, 3.63) is 96.1 Å². The van der Waals surface area contributed by atoms with Crippen molar-refractivity contribution in [1.29, 1.82) is 0 Å². The Hall–Kier alpha value is -2.82. The van der Waals surface area contributed by atoms with Crippen molar-refractivity contribution >= 4 is 11.4 Å². The van der Waals surface area contributed by atoms with Gasteiger partial charge in [0.1, 0.15) is 0 Å². The molecule has 118 valence electrons. The number of nitrogens with one attached hydrogen (secondary N) is 1. The number of benzene rings is 3. The summed E-state index contributed by atoms with van der Waals surface area (Å²) in [5, 5.41) is 3.30. The molecule has 1 N–H and O–H groups in total. The molecule has 3 aromatic rings. The van der Waals surface area contributed by atoms with Crippen molar-refractivity contribution in [2.75, 3.05) is 5.32 Å². The van der Waals surface area contributed by atoms with Gasteiger partial charge >= 0.3 is 0 Å². The first-order chi connectivity index (χ1) is 11.1. The summed E-state index contributed by atoms with van der Waals surface area (Å²) in [6.45, 7) is 0. The van der Waals surface area contributed by atoms with E-state index in [1.807, 2.05) is 60.7 Å². The van der Waals surface area contributed by atoms with Gasteiger partial charge in [0.05, 0.1) is 0 Å². The second-order valence-electron chi connectivity index (χ2n) is 4.51. The smallest absolute Gasteiger partial charge is 0.197 e. The first-order valence-electron chi connectivity index (χ1n) is 6.74. The van der Waals surface area contributed by atoms with Crippen molar-refractivity contribution in [1.82, 2.24) is 0 Å². The minimum atomic E-state index is -1.78. The van der Waals surface area contributed by atoms with Crippen molar-refractivity contribution in [3.8, 4) is 0 Å². The molecule has 0 aliphatic rings. The Balaban J connectivity index is 0.000000174. The quantitative estimate of drug-likeness (QED) is 0.364. The molecule has 0 fully saturated rings. The maximum atomic E-state index is 12.0. The van der Waals surface area contributed by atoms with E-state index in [2.05, 4.69) is 5.32 Å². The van der Waals surface area contributed by atoms with Crippen LogP contribution < -0.4 is 5.32 Å². The number of hydrogen-bond donors (Lipinski definition) is 1. The first kappa shape index (κ1) is 16.5. The lowest BCUT2D eigenvalue weighted by molar-refractivity contribution is 0.409. The Morgan fingerprint density at radius 3 is 1.17 bits per heavy atom. The Morgan fingerprint density at radius 2 is 0.826 bits per heavy atom. The minimum absolute atomic E-state index is 0.522. The summed E-state index contributed by atoms with van der Waals surface area (Å²) in [7, 11) is 0. The molecule has 0 radical (unpaired) electrons. The third-order valence-electron chi connectivity index (χ3n) is 2.82. The molecule has 0 aromatic heterocycles. The summed E-state index contributed by atoms with van der Waals surface area (Å²) < 4.78 is 48.0. The standard InChI is InChI=1S/C12H11N.C6H2F4/c1-3-7-11(8-4-1)13-12-9-5-2-6-10-12;7-3-1-2-4(8)6(10)5(3)9/h1-10,13H;1-2H. The highest BCUT2D eigenvalue weighted by Gasteiger charge is 2.11. The predicted molar refractivity (Wildman–Crippen MR) is 82.4 cm³/mol. The van der Waals surface area contributed by atoms with Crippen LogP contribution in [0.15, 0.2) is 72.8 Å². The number of rotatable bonds is 2. The van der Waals surface area contributed by atoms with Gasteiger partial charge in [-0.25, -0.2) is 17.6 Å². The van der Waals surface area contributed by atoms with Crippen LogP contribution in [0.5, 0.6) is 0 Å². The molecule has 0 aliphatic heterocycles. The van der Waals surface area contributed by atoms with Gasteiger partial charge in [0, 0.05) is 11.4 Å². The molecule has 3 rings (SSSR count). The number of para-hydroxylation sites is 2. The fraction of sp³-hybridized carbons (Fsp3) is 0. The molecule has 0 unspecified atom stereocenters. The fourth-order valence-electron chi connectivity index (χ4n) is 1.71. The highest BCUT2D eigenvalue weighted by molar-refractivity contribution is 5.58. The highest BCUT2D eigenvalue weighted by atomic mass is 19.2. The molecule has 0 bridgehead atoms. The molecule has 0 aliphatic carbocycles. The summed E-state index contributed by atoms with van der Waals surface area (Å²) in [6.07, 6.45) is 0. The van der Waals surface area contributed by atoms with Crippen LogP contribution in [0.1, 0.15) is 0 Å². The summed E-state index contributed by atoms with van der Waals surface area (Å²) in [6, 6.07) is 21.3. The predicted octanol–water partition coefficient (Wildman–Crippen LogP) is 5.67. The van der Waals surface area contributed by atoms with Gasteiger partial charge in [0.15, 0.2) is 23.3 Å². The molecular weight excluding hydrogens is 306 g/mol. The number of halogens is 4. The molecule has 0 saturated heterocycles. The molecular formula is C18H13F4N. The van der Waals surface area contributed by atoms with Gasteiger partial charge < -0.3 is 5.32 Å². The maximum absolute atomic E-state index is 12.0. The van der Waals surface area contributed by atoms with Crippen LogP contribution in [0, 0.1) is 23.3 Å². The Kier molecular flexibility index (Phi) is 5.74. The van der Waals surface area contributed by atoms with Crippen molar-refractivity contribution < 1.29 is 17.6 Å². The second kappa shape index (κ2) is 7.98. The Bertz CT molecular complexity index is 681. The Morgan fingerprint density at radius 1 is 0.478 bits per heavy atom. The average Bonchev–Trinajstić information content (AvgIpc) is 2.59. The maximum Gasteiger partial charge on any atom is 0.197 e. The summed E-state index contributed by atoms with van der Waals surface area (Å²) in [5.41, 5.74) is 2.24. The van der Waals surface area contributed by atoms with Crippen LogP contribution in [0.2, 0.25) is 0 Å². The van der Waals surface area contributed by atoms with E-state index in [9.17, 15) is 17.6 Å². The van der Waals surface area contributed by atoms with Gasteiger partial charge in [-0.15, -0.1) is 0 Å². The number of hydrogen-bond acceptors (Lipinski definition) is 1. The van der Waals surface area contributed by atoms with Crippen LogP contribution in [0.3, 0.4) is 0 Å². The third-order valence-corrected chi connectivity index (χ3v) is 2.82. The largest absolute Gasteiger partial charge is 0.356 e.